The number of carbonyl (C=O) groups excluding carboxylic acids is 1. The Balaban J connectivity index is 1.31. The van der Waals surface area contributed by atoms with Crippen molar-refractivity contribution in [1.29, 1.82) is 0 Å². The van der Waals surface area contributed by atoms with Gasteiger partial charge in [0.05, 0.1) is 19.8 Å². The third-order valence-corrected chi connectivity index (χ3v) is 8.56. The van der Waals surface area contributed by atoms with E-state index in [0.29, 0.717) is 31.9 Å². The highest BCUT2D eigenvalue weighted by atomic mass is 16.5. The van der Waals surface area contributed by atoms with E-state index >= 15 is 0 Å². The van der Waals surface area contributed by atoms with Crippen molar-refractivity contribution in [3.63, 3.8) is 0 Å². The maximum atomic E-state index is 13.4. The number of rotatable bonds is 4. The molecule has 2 unspecified atom stereocenters. The average molecular weight is 518 g/mol. The molecule has 0 aliphatic carbocycles. The molecule has 5 heterocycles. The number of hydrogen-bond acceptors (Lipinski definition) is 7. The third-order valence-electron chi connectivity index (χ3n) is 8.56. The van der Waals surface area contributed by atoms with Gasteiger partial charge < -0.3 is 28.8 Å². The van der Waals surface area contributed by atoms with E-state index in [2.05, 4.69) is 40.8 Å². The standard InChI is InChI=1S/C29H35N5O4/c1-5-34-28(36)33-17-20-15-21(37-3)16-23(38-4)26(20)19(2)14-24(33)29(34)9-12-31(13-10-29)27(35)22-18-32-11-7-6-8-25(32)30-22/h6-8,11,14-16,18-19,28,36H,5,9-10,12-13,17H2,1-4H3. The number of allylic oxidation sites excluding steroid dienone is 1. The number of ether oxygens (including phenoxy) is 2. The van der Waals surface area contributed by atoms with Crippen molar-refractivity contribution in [2.75, 3.05) is 33.9 Å². The van der Waals surface area contributed by atoms with Crippen LogP contribution in [0.1, 0.15) is 54.2 Å². The quantitative estimate of drug-likeness (QED) is 0.568. The van der Waals surface area contributed by atoms with Gasteiger partial charge in [0.25, 0.3) is 5.91 Å². The highest BCUT2D eigenvalue weighted by molar-refractivity contribution is 5.93. The molecule has 1 aromatic carbocycles. The molecule has 2 saturated heterocycles. The van der Waals surface area contributed by atoms with Gasteiger partial charge in [-0.05, 0) is 36.6 Å². The molecule has 1 amide bonds. The van der Waals surface area contributed by atoms with Gasteiger partial charge in [0.2, 0.25) is 0 Å². The summed E-state index contributed by atoms with van der Waals surface area (Å²) in [5.74, 6) is 1.58. The van der Waals surface area contributed by atoms with Gasteiger partial charge in [0.1, 0.15) is 22.8 Å². The Morgan fingerprint density at radius 3 is 2.66 bits per heavy atom. The van der Waals surface area contributed by atoms with Gasteiger partial charge in [0.15, 0.2) is 6.35 Å². The molecule has 9 nitrogen and oxygen atoms in total. The molecule has 0 saturated carbocycles. The normalized spacial score (nSPS) is 22.7. The van der Waals surface area contributed by atoms with Crippen LogP contribution in [0.15, 0.2) is 54.5 Å². The summed E-state index contributed by atoms with van der Waals surface area (Å²) in [4.78, 5) is 24.1. The number of imidazole rings is 1. The zero-order valence-corrected chi connectivity index (χ0v) is 22.4. The molecule has 1 spiro atoms. The van der Waals surface area contributed by atoms with Gasteiger partial charge in [-0.25, -0.2) is 9.88 Å². The van der Waals surface area contributed by atoms with Crippen LogP contribution in [0.5, 0.6) is 11.5 Å². The fourth-order valence-corrected chi connectivity index (χ4v) is 6.73. The molecule has 1 N–H and O–H groups in total. The summed E-state index contributed by atoms with van der Waals surface area (Å²) in [7, 11) is 3.34. The first-order valence-corrected chi connectivity index (χ1v) is 13.3. The number of carbonyl (C=O) groups is 1. The zero-order valence-electron chi connectivity index (χ0n) is 22.4. The van der Waals surface area contributed by atoms with E-state index in [0.717, 1.165) is 46.8 Å². The largest absolute Gasteiger partial charge is 0.497 e. The Labute approximate surface area is 222 Å². The maximum absolute atomic E-state index is 13.4. The van der Waals surface area contributed by atoms with Crippen LogP contribution in [0.4, 0.5) is 0 Å². The summed E-state index contributed by atoms with van der Waals surface area (Å²) in [6.07, 6.45) is 6.73. The Bertz CT molecular complexity index is 1370. The lowest BCUT2D eigenvalue weighted by atomic mass is 9.82. The zero-order chi connectivity index (χ0) is 26.6. The molecule has 2 atom stereocenters. The highest BCUT2D eigenvalue weighted by Gasteiger charge is 2.55. The van der Waals surface area contributed by atoms with Crippen molar-refractivity contribution in [3.05, 3.63) is 71.3 Å². The van der Waals surface area contributed by atoms with Crippen molar-refractivity contribution in [2.45, 2.75) is 51.0 Å². The number of benzene rings is 1. The average Bonchev–Trinajstić information content (AvgIpc) is 3.40. The molecule has 3 aromatic rings. The SMILES string of the molecule is CCN1C(O)N2Cc3cc(OC)cc(OC)c3C(C)C=C2C12CCN(C(=O)c1cn3ccccc3n1)CC2. The molecule has 6 rings (SSSR count). The predicted molar refractivity (Wildman–Crippen MR) is 143 cm³/mol. The van der Waals surface area contributed by atoms with E-state index in [1.807, 2.05) is 39.8 Å². The number of piperidine rings is 1. The fourth-order valence-electron chi connectivity index (χ4n) is 6.73. The lowest BCUT2D eigenvalue weighted by molar-refractivity contribution is -0.0852. The van der Waals surface area contributed by atoms with Gasteiger partial charge in [-0.3, -0.25) is 4.79 Å². The number of aromatic nitrogens is 2. The first-order chi connectivity index (χ1) is 18.4. The molecular formula is C29H35N5O4. The highest BCUT2D eigenvalue weighted by Crippen LogP contribution is 2.50. The number of fused-ring (bicyclic) bond motifs is 4. The van der Waals surface area contributed by atoms with Crippen LogP contribution in [-0.2, 0) is 6.54 Å². The Morgan fingerprint density at radius 1 is 1.18 bits per heavy atom. The van der Waals surface area contributed by atoms with Crippen LogP contribution in [0.2, 0.25) is 0 Å². The molecule has 3 aliphatic heterocycles. The summed E-state index contributed by atoms with van der Waals surface area (Å²) in [5.41, 5.74) is 4.23. The van der Waals surface area contributed by atoms with Crippen LogP contribution in [0.3, 0.4) is 0 Å². The minimum absolute atomic E-state index is 0.0468. The minimum Gasteiger partial charge on any atom is -0.497 e. The van der Waals surface area contributed by atoms with E-state index in [-0.39, 0.29) is 17.4 Å². The molecule has 2 fully saturated rings. The van der Waals surface area contributed by atoms with E-state index in [4.69, 9.17) is 9.47 Å². The van der Waals surface area contributed by atoms with Crippen molar-refractivity contribution in [3.8, 4) is 11.5 Å². The molecule has 200 valence electrons. The van der Waals surface area contributed by atoms with E-state index in [1.165, 1.54) is 0 Å². The number of pyridine rings is 1. The van der Waals surface area contributed by atoms with Crippen LogP contribution < -0.4 is 9.47 Å². The van der Waals surface area contributed by atoms with Gasteiger partial charge in [0, 0.05) is 61.8 Å². The van der Waals surface area contributed by atoms with E-state index in [9.17, 15) is 9.90 Å². The number of aliphatic hydroxyl groups excluding tert-OH is 1. The Morgan fingerprint density at radius 2 is 1.97 bits per heavy atom. The smallest absolute Gasteiger partial charge is 0.274 e. The van der Waals surface area contributed by atoms with Gasteiger partial charge in [-0.1, -0.05) is 26.0 Å². The van der Waals surface area contributed by atoms with E-state index < -0.39 is 6.35 Å². The monoisotopic (exact) mass is 517 g/mol. The minimum atomic E-state index is -0.748. The number of aliphatic hydroxyl groups is 1. The van der Waals surface area contributed by atoms with Crippen LogP contribution in [0, 0.1) is 0 Å². The van der Waals surface area contributed by atoms with Gasteiger partial charge in [-0.15, -0.1) is 0 Å². The Hall–Kier alpha value is -3.56. The topological polar surface area (TPSA) is 82.8 Å². The second-order valence-corrected chi connectivity index (χ2v) is 10.4. The molecule has 2 aromatic heterocycles. The first kappa shape index (κ1) is 24.8. The van der Waals surface area contributed by atoms with Crippen molar-refractivity contribution >= 4 is 11.6 Å². The second kappa shape index (κ2) is 9.32. The molecule has 38 heavy (non-hydrogen) atoms. The summed E-state index contributed by atoms with van der Waals surface area (Å²) >= 11 is 0. The number of methoxy groups -OCH3 is 2. The van der Waals surface area contributed by atoms with E-state index in [1.54, 1.807) is 20.4 Å². The maximum Gasteiger partial charge on any atom is 0.274 e. The van der Waals surface area contributed by atoms with Crippen LogP contribution >= 0.6 is 0 Å². The number of nitrogens with zero attached hydrogens (tertiary/aromatic N) is 5. The molecule has 9 heteroatoms. The lowest BCUT2D eigenvalue weighted by Gasteiger charge is -2.44. The molecular weight excluding hydrogens is 482 g/mol. The van der Waals surface area contributed by atoms with Gasteiger partial charge >= 0.3 is 0 Å². The molecule has 0 bridgehead atoms. The number of hydrogen-bond donors (Lipinski definition) is 1. The summed E-state index contributed by atoms with van der Waals surface area (Å²) in [6, 6.07) is 9.73. The van der Waals surface area contributed by atoms with Gasteiger partial charge in [-0.2, -0.15) is 0 Å². The Kier molecular flexibility index (Phi) is 6.07. The summed E-state index contributed by atoms with van der Waals surface area (Å²) in [6.45, 7) is 6.73. The first-order valence-electron chi connectivity index (χ1n) is 13.3. The second-order valence-electron chi connectivity index (χ2n) is 10.4. The van der Waals surface area contributed by atoms with Crippen LogP contribution in [-0.4, -0.2) is 80.8 Å². The predicted octanol–water partition coefficient (Wildman–Crippen LogP) is 3.44. The van der Waals surface area contributed by atoms with Crippen molar-refractivity contribution in [2.24, 2.45) is 0 Å². The van der Waals surface area contributed by atoms with Crippen LogP contribution in [0.25, 0.3) is 5.65 Å². The molecule has 3 aliphatic rings. The summed E-state index contributed by atoms with van der Waals surface area (Å²) < 4.78 is 13.2. The van der Waals surface area contributed by atoms with Crippen molar-refractivity contribution in [1.82, 2.24) is 24.1 Å². The summed E-state index contributed by atoms with van der Waals surface area (Å²) in [5, 5.41) is 11.6. The molecule has 0 radical (unpaired) electrons. The fraction of sp³-hybridized carbons (Fsp3) is 0.448. The van der Waals surface area contributed by atoms with Crippen molar-refractivity contribution < 1.29 is 19.4 Å². The number of likely N-dealkylation sites (N-methyl/N-ethyl adjacent to an activating group) is 1. The number of amides is 1. The lowest BCUT2D eigenvalue weighted by Crippen LogP contribution is -2.55. The number of likely N-dealkylation sites (tertiary alicyclic amines) is 1. The third kappa shape index (κ3) is 3.67.